The lowest BCUT2D eigenvalue weighted by Gasteiger charge is -2.47. The van der Waals surface area contributed by atoms with Crippen LogP contribution in [0, 0.1) is 35.5 Å². The molecule has 6 fully saturated rings. The van der Waals surface area contributed by atoms with Crippen LogP contribution in [0.2, 0.25) is 0 Å². The van der Waals surface area contributed by atoms with Crippen molar-refractivity contribution in [3.8, 4) is 0 Å². The van der Waals surface area contributed by atoms with E-state index < -0.39 is 0 Å². The van der Waals surface area contributed by atoms with Gasteiger partial charge in [-0.05, 0) is 88.4 Å². The summed E-state index contributed by atoms with van der Waals surface area (Å²) < 4.78 is 0. The molecule has 2 amide bonds. The number of hydrogen-bond donors (Lipinski definition) is 3. The Morgan fingerprint density at radius 1 is 0.864 bits per heavy atom. The van der Waals surface area contributed by atoms with Gasteiger partial charge in [-0.25, -0.2) is 0 Å². The molecule has 0 aromatic heterocycles. The summed E-state index contributed by atoms with van der Waals surface area (Å²) in [6, 6.07) is 1.40. The SMILES string of the molecule is CC1C(NC(=O)C2CC3CCCCCC3C2)CCCC1C1CC(NC2CCC(N3CCN(C(C)C)CC3)CN2)C(=O)N(C)C1. The summed E-state index contributed by atoms with van der Waals surface area (Å²) in [4.78, 5) is 34.1. The normalized spacial score (nSPS) is 41.4. The molecule has 44 heavy (non-hydrogen) atoms. The largest absolute Gasteiger partial charge is 0.353 e. The van der Waals surface area contributed by atoms with E-state index in [2.05, 4.69) is 46.5 Å². The third-order valence-corrected chi connectivity index (χ3v) is 13.3. The van der Waals surface area contributed by atoms with Gasteiger partial charge in [0.2, 0.25) is 11.8 Å². The first-order chi connectivity index (χ1) is 21.3. The molecule has 0 aromatic rings. The first-order valence-electron chi connectivity index (χ1n) is 18.8. The number of likely N-dealkylation sites (N-methyl/N-ethyl adjacent to an activating group) is 1. The molecular weight excluding hydrogens is 548 g/mol. The van der Waals surface area contributed by atoms with Gasteiger partial charge < -0.3 is 15.5 Å². The molecule has 0 spiro atoms. The molecular formula is C36H64N6O2. The topological polar surface area (TPSA) is 80.0 Å². The molecule has 9 atom stereocenters. The van der Waals surface area contributed by atoms with Crippen LogP contribution in [0.1, 0.15) is 104 Å². The number of piperazine rings is 1. The maximum Gasteiger partial charge on any atom is 0.239 e. The fourth-order valence-electron chi connectivity index (χ4n) is 10.5. The van der Waals surface area contributed by atoms with E-state index in [1.165, 1.54) is 77.5 Å². The first-order valence-corrected chi connectivity index (χ1v) is 18.8. The van der Waals surface area contributed by atoms with Gasteiger partial charge in [0.05, 0.1) is 12.2 Å². The maximum atomic E-state index is 13.5. The molecule has 8 heteroatoms. The lowest BCUT2D eigenvalue weighted by molar-refractivity contribution is -0.138. The van der Waals surface area contributed by atoms with Crippen LogP contribution >= 0.6 is 0 Å². The molecule has 9 unspecified atom stereocenters. The molecule has 8 nitrogen and oxygen atoms in total. The van der Waals surface area contributed by atoms with Gasteiger partial charge in [0.25, 0.3) is 0 Å². The van der Waals surface area contributed by atoms with E-state index >= 15 is 0 Å². The molecule has 250 valence electrons. The Balaban J connectivity index is 0.987. The molecule has 3 aliphatic heterocycles. The Morgan fingerprint density at radius 2 is 1.59 bits per heavy atom. The zero-order valence-electron chi connectivity index (χ0n) is 28.4. The summed E-state index contributed by atoms with van der Waals surface area (Å²) in [5.41, 5.74) is 0. The predicted octanol–water partition coefficient (Wildman–Crippen LogP) is 4.05. The van der Waals surface area contributed by atoms with Crippen molar-refractivity contribution < 1.29 is 9.59 Å². The summed E-state index contributed by atoms with van der Waals surface area (Å²) in [7, 11) is 2.00. The van der Waals surface area contributed by atoms with Crippen LogP contribution < -0.4 is 16.0 Å². The Labute approximate surface area is 268 Å². The van der Waals surface area contributed by atoms with Gasteiger partial charge in [-0.3, -0.25) is 24.7 Å². The molecule has 3 aliphatic carbocycles. The van der Waals surface area contributed by atoms with Crippen LogP contribution in [0.25, 0.3) is 0 Å². The number of likely N-dealkylation sites (tertiary alicyclic amines) is 1. The third kappa shape index (κ3) is 7.50. The van der Waals surface area contributed by atoms with Crippen LogP contribution in [-0.4, -0.2) is 103 Å². The van der Waals surface area contributed by atoms with Crippen molar-refractivity contribution in [3.05, 3.63) is 0 Å². The average molecular weight is 613 g/mol. The van der Waals surface area contributed by atoms with Gasteiger partial charge >= 0.3 is 0 Å². The molecule has 0 radical (unpaired) electrons. The molecule has 6 rings (SSSR count). The van der Waals surface area contributed by atoms with Crippen molar-refractivity contribution in [1.82, 2.24) is 30.7 Å². The van der Waals surface area contributed by atoms with Crippen molar-refractivity contribution in [1.29, 1.82) is 0 Å². The second-order valence-electron chi connectivity index (χ2n) is 16.2. The predicted molar refractivity (Wildman–Crippen MR) is 177 cm³/mol. The second kappa shape index (κ2) is 14.7. The van der Waals surface area contributed by atoms with E-state index in [1.807, 2.05) is 11.9 Å². The fourth-order valence-corrected chi connectivity index (χ4v) is 10.5. The monoisotopic (exact) mass is 613 g/mol. The number of piperidine rings is 2. The minimum atomic E-state index is -0.115. The average Bonchev–Trinajstić information content (AvgIpc) is 3.31. The maximum absolute atomic E-state index is 13.5. The lowest BCUT2D eigenvalue weighted by atomic mass is 9.68. The van der Waals surface area contributed by atoms with E-state index in [-0.39, 0.29) is 30.1 Å². The molecule has 3 heterocycles. The summed E-state index contributed by atoms with van der Waals surface area (Å²) >= 11 is 0. The highest BCUT2D eigenvalue weighted by atomic mass is 16.2. The standard InChI is InChI=1S/C36H64N6O2/c1-24(2)41-15-17-42(18-16-41)30-13-14-34(37-22-30)38-33-21-29(23-40(4)36(33)44)31-11-8-12-32(25(31)3)39-35(43)28-19-26-9-6-5-7-10-27(26)20-28/h24-34,37-38H,5-23H2,1-4H3,(H,39,43). The minimum absolute atomic E-state index is 0.115. The number of nitrogens with one attached hydrogen (secondary N) is 3. The van der Waals surface area contributed by atoms with E-state index in [9.17, 15) is 9.59 Å². The third-order valence-electron chi connectivity index (χ3n) is 13.3. The van der Waals surface area contributed by atoms with Crippen LogP contribution in [0.4, 0.5) is 0 Å². The van der Waals surface area contributed by atoms with Crippen molar-refractivity contribution in [2.75, 3.05) is 46.3 Å². The quantitative estimate of drug-likeness (QED) is 0.403. The first kappa shape index (κ1) is 32.7. The zero-order chi connectivity index (χ0) is 30.8. The van der Waals surface area contributed by atoms with Crippen molar-refractivity contribution in [2.24, 2.45) is 35.5 Å². The van der Waals surface area contributed by atoms with Gasteiger partial charge in [0.1, 0.15) is 0 Å². The van der Waals surface area contributed by atoms with Crippen LogP contribution in [0.5, 0.6) is 0 Å². The minimum Gasteiger partial charge on any atom is -0.353 e. The summed E-state index contributed by atoms with van der Waals surface area (Å²) in [5, 5.41) is 11.1. The number of nitrogens with zero attached hydrogens (tertiary/aromatic N) is 3. The number of hydrogen-bond acceptors (Lipinski definition) is 6. The molecule has 0 bridgehead atoms. The molecule has 3 saturated carbocycles. The molecule has 6 aliphatic rings. The second-order valence-corrected chi connectivity index (χ2v) is 16.2. The van der Waals surface area contributed by atoms with E-state index in [1.54, 1.807) is 0 Å². The summed E-state index contributed by atoms with van der Waals surface area (Å²) in [6.45, 7) is 13.5. The van der Waals surface area contributed by atoms with E-state index in [0.717, 1.165) is 57.0 Å². The van der Waals surface area contributed by atoms with Crippen LogP contribution in [0.3, 0.4) is 0 Å². The van der Waals surface area contributed by atoms with Gasteiger partial charge in [-0.1, -0.05) is 45.4 Å². The van der Waals surface area contributed by atoms with Crippen molar-refractivity contribution >= 4 is 11.8 Å². The van der Waals surface area contributed by atoms with Crippen LogP contribution in [0.15, 0.2) is 0 Å². The number of carbonyl (C=O) groups excluding carboxylic acids is 2. The smallest absolute Gasteiger partial charge is 0.239 e. The molecule has 0 aromatic carbocycles. The van der Waals surface area contributed by atoms with Gasteiger partial charge in [-0.15, -0.1) is 0 Å². The molecule has 3 N–H and O–H groups in total. The van der Waals surface area contributed by atoms with Crippen LogP contribution in [-0.2, 0) is 9.59 Å². The zero-order valence-corrected chi connectivity index (χ0v) is 28.4. The highest BCUT2D eigenvalue weighted by Crippen LogP contribution is 2.45. The molecule has 3 saturated heterocycles. The number of fused-ring (bicyclic) bond motifs is 1. The Morgan fingerprint density at radius 3 is 2.25 bits per heavy atom. The van der Waals surface area contributed by atoms with E-state index in [4.69, 9.17) is 0 Å². The highest BCUT2D eigenvalue weighted by molar-refractivity contribution is 5.82. The summed E-state index contributed by atoms with van der Waals surface area (Å²) in [5.74, 6) is 3.89. The van der Waals surface area contributed by atoms with Crippen molar-refractivity contribution in [3.63, 3.8) is 0 Å². The van der Waals surface area contributed by atoms with Crippen molar-refractivity contribution in [2.45, 2.75) is 135 Å². The Hall–Kier alpha value is -1.22. The highest BCUT2D eigenvalue weighted by Gasteiger charge is 2.44. The van der Waals surface area contributed by atoms with E-state index in [0.29, 0.717) is 35.7 Å². The number of carbonyl (C=O) groups is 2. The fraction of sp³-hybridized carbons (Fsp3) is 0.944. The Bertz CT molecular complexity index is 946. The lowest BCUT2D eigenvalue weighted by Crippen LogP contribution is -2.62. The Kier molecular flexibility index (Phi) is 10.9. The number of rotatable bonds is 7. The summed E-state index contributed by atoms with van der Waals surface area (Å²) in [6.07, 6.45) is 15.9. The number of amides is 2. The van der Waals surface area contributed by atoms with Gasteiger partial charge in [0, 0.05) is 70.4 Å². The van der Waals surface area contributed by atoms with Gasteiger partial charge in [0.15, 0.2) is 0 Å². The van der Waals surface area contributed by atoms with Gasteiger partial charge in [-0.2, -0.15) is 0 Å².